The molecule has 1 aromatic rings. The molecule has 0 unspecified atom stereocenters. The number of piperazine rings is 1. The molecule has 2 saturated heterocycles. The molecule has 3 atom stereocenters. The van der Waals surface area contributed by atoms with E-state index in [4.69, 9.17) is 0 Å². The number of halogens is 1. The molecule has 2 aliphatic rings. The number of hydrogen-bond donors (Lipinski definition) is 1. The van der Waals surface area contributed by atoms with E-state index in [9.17, 15) is 9.18 Å². The maximum Gasteiger partial charge on any atom is 0.337 e. The van der Waals surface area contributed by atoms with Crippen molar-refractivity contribution in [2.75, 3.05) is 26.7 Å². The molecule has 0 aliphatic carbocycles. The molecule has 5 heteroatoms. The highest BCUT2D eigenvalue weighted by molar-refractivity contribution is 5.89. The third kappa shape index (κ3) is 2.55. The lowest BCUT2D eigenvalue weighted by atomic mass is 10.0. The third-order valence-corrected chi connectivity index (χ3v) is 4.23. The minimum atomic E-state index is -0.692. The van der Waals surface area contributed by atoms with Crippen molar-refractivity contribution in [2.24, 2.45) is 0 Å². The van der Waals surface area contributed by atoms with Crippen LogP contribution in [-0.2, 0) is 4.74 Å². The topological polar surface area (TPSA) is 41.6 Å². The van der Waals surface area contributed by atoms with Gasteiger partial charge < -0.3 is 10.1 Å². The van der Waals surface area contributed by atoms with Crippen LogP contribution in [0.25, 0.3) is 0 Å². The first-order valence-electron chi connectivity index (χ1n) is 6.97. The lowest BCUT2D eigenvalue weighted by Crippen LogP contribution is -2.49. The van der Waals surface area contributed by atoms with Crippen LogP contribution in [0.15, 0.2) is 24.3 Å². The molecule has 4 nitrogen and oxygen atoms in total. The maximum absolute atomic E-state index is 13.4. The summed E-state index contributed by atoms with van der Waals surface area (Å²) in [5.41, 5.74) is 1.67. The first-order valence-corrected chi connectivity index (χ1v) is 6.97. The predicted octanol–water partition coefficient (Wildman–Crippen LogP) is 1.53. The van der Waals surface area contributed by atoms with Crippen molar-refractivity contribution >= 4 is 5.97 Å². The molecule has 0 amide bonds. The van der Waals surface area contributed by atoms with Crippen LogP contribution in [0.2, 0.25) is 0 Å². The van der Waals surface area contributed by atoms with Crippen molar-refractivity contribution in [1.29, 1.82) is 0 Å². The van der Waals surface area contributed by atoms with Crippen molar-refractivity contribution < 1.29 is 13.9 Å². The lowest BCUT2D eigenvalue weighted by Gasteiger charge is -2.36. The fraction of sp³-hybridized carbons (Fsp3) is 0.533. The van der Waals surface area contributed by atoms with E-state index in [-0.39, 0.29) is 12.0 Å². The second-order valence-electron chi connectivity index (χ2n) is 5.52. The van der Waals surface area contributed by atoms with Crippen molar-refractivity contribution in [3.63, 3.8) is 0 Å². The monoisotopic (exact) mass is 278 g/mol. The Hall–Kier alpha value is -1.46. The van der Waals surface area contributed by atoms with Gasteiger partial charge in [-0.2, -0.15) is 0 Å². The number of esters is 1. The van der Waals surface area contributed by atoms with Crippen molar-refractivity contribution in [3.8, 4) is 0 Å². The van der Waals surface area contributed by atoms with Gasteiger partial charge in [-0.1, -0.05) is 12.1 Å². The highest BCUT2D eigenvalue weighted by Gasteiger charge is 2.36. The maximum atomic E-state index is 13.4. The zero-order valence-corrected chi connectivity index (χ0v) is 11.5. The van der Waals surface area contributed by atoms with Gasteiger partial charge in [0.15, 0.2) is 0 Å². The Bertz CT molecular complexity index is 491. The van der Waals surface area contributed by atoms with Crippen molar-refractivity contribution in [1.82, 2.24) is 10.2 Å². The van der Waals surface area contributed by atoms with Crippen LogP contribution in [0.4, 0.5) is 4.39 Å². The lowest BCUT2D eigenvalue weighted by molar-refractivity contribution is 0.0600. The highest BCUT2D eigenvalue weighted by atomic mass is 19.1. The molecule has 0 bridgehead atoms. The molecule has 3 rings (SSSR count). The van der Waals surface area contributed by atoms with Crippen molar-refractivity contribution in [3.05, 3.63) is 35.4 Å². The summed E-state index contributed by atoms with van der Waals surface area (Å²) >= 11 is 0. The van der Waals surface area contributed by atoms with Crippen LogP contribution < -0.4 is 5.32 Å². The number of nitrogens with zero attached hydrogens (tertiary/aromatic N) is 1. The minimum absolute atomic E-state index is 0.197. The number of benzene rings is 1. The van der Waals surface area contributed by atoms with E-state index >= 15 is 0 Å². The van der Waals surface area contributed by atoms with Crippen LogP contribution >= 0.6 is 0 Å². The summed E-state index contributed by atoms with van der Waals surface area (Å²) in [5.74, 6) is -0.326. The van der Waals surface area contributed by atoms with Crippen LogP contribution in [0.5, 0.6) is 0 Å². The van der Waals surface area contributed by atoms with Crippen LogP contribution in [0, 0.1) is 0 Å². The number of fused-ring (bicyclic) bond motifs is 1. The SMILES string of the molecule is COC(=O)c1ccc([C@@H]2CN3C[C@H](F)C[C@H]3CN2)cc1. The van der Waals surface area contributed by atoms with E-state index in [0.29, 0.717) is 24.6 Å². The van der Waals surface area contributed by atoms with Gasteiger partial charge in [0.2, 0.25) is 0 Å². The van der Waals surface area contributed by atoms with E-state index in [1.165, 1.54) is 7.11 Å². The Morgan fingerprint density at radius 2 is 2.10 bits per heavy atom. The number of ether oxygens (including phenoxy) is 1. The zero-order valence-electron chi connectivity index (χ0n) is 11.5. The average Bonchev–Trinajstić information content (AvgIpc) is 2.85. The summed E-state index contributed by atoms with van der Waals surface area (Å²) in [5, 5.41) is 3.47. The van der Waals surface area contributed by atoms with Crippen LogP contribution in [-0.4, -0.2) is 49.8 Å². The summed E-state index contributed by atoms with van der Waals surface area (Å²) in [6.45, 7) is 2.19. The molecule has 108 valence electrons. The molecule has 0 spiro atoms. The van der Waals surface area contributed by atoms with E-state index in [1.807, 2.05) is 12.1 Å². The van der Waals surface area contributed by atoms with Gasteiger partial charge in [-0.25, -0.2) is 9.18 Å². The van der Waals surface area contributed by atoms with Gasteiger partial charge in [0.1, 0.15) is 6.17 Å². The molecule has 1 aromatic carbocycles. The number of alkyl halides is 1. The van der Waals surface area contributed by atoms with E-state index < -0.39 is 6.17 Å². The molecule has 0 aromatic heterocycles. The molecule has 2 heterocycles. The van der Waals surface area contributed by atoms with Crippen LogP contribution in [0.3, 0.4) is 0 Å². The largest absolute Gasteiger partial charge is 0.465 e. The average molecular weight is 278 g/mol. The number of methoxy groups -OCH3 is 1. The van der Waals surface area contributed by atoms with Crippen molar-refractivity contribution in [2.45, 2.75) is 24.7 Å². The van der Waals surface area contributed by atoms with E-state index in [1.54, 1.807) is 12.1 Å². The first-order chi connectivity index (χ1) is 9.67. The number of nitrogens with one attached hydrogen (secondary N) is 1. The molecule has 0 saturated carbocycles. The minimum Gasteiger partial charge on any atom is -0.465 e. The van der Waals surface area contributed by atoms with Gasteiger partial charge in [0, 0.05) is 31.7 Å². The smallest absolute Gasteiger partial charge is 0.337 e. The summed E-state index contributed by atoms with van der Waals surface area (Å²) in [6.07, 6.45) is -0.0525. The quantitative estimate of drug-likeness (QED) is 0.833. The van der Waals surface area contributed by atoms with Gasteiger partial charge in [-0.3, -0.25) is 4.90 Å². The first kappa shape index (κ1) is 13.5. The Morgan fingerprint density at radius 1 is 1.35 bits per heavy atom. The Morgan fingerprint density at radius 3 is 2.80 bits per heavy atom. The molecule has 2 fully saturated rings. The van der Waals surface area contributed by atoms with Crippen LogP contribution in [0.1, 0.15) is 28.4 Å². The molecule has 20 heavy (non-hydrogen) atoms. The predicted molar refractivity (Wildman–Crippen MR) is 73.4 cm³/mol. The summed E-state index contributed by atoms with van der Waals surface area (Å²) in [4.78, 5) is 13.6. The summed E-state index contributed by atoms with van der Waals surface area (Å²) in [6, 6.07) is 7.95. The molecular formula is C15H19FN2O2. The molecular weight excluding hydrogens is 259 g/mol. The normalized spacial score (nSPS) is 30.0. The Kier molecular flexibility index (Phi) is 3.72. The summed E-state index contributed by atoms with van der Waals surface area (Å²) in [7, 11) is 1.37. The fourth-order valence-corrected chi connectivity index (χ4v) is 3.13. The van der Waals surface area contributed by atoms with E-state index in [2.05, 4.69) is 15.0 Å². The molecule has 0 radical (unpaired) electrons. The summed E-state index contributed by atoms with van der Waals surface area (Å²) < 4.78 is 18.1. The molecule has 2 aliphatic heterocycles. The Labute approximate surface area is 117 Å². The fourth-order valence-electron chi connectivity index (χ4n) is 3.13. The zero-order chi connectivity index (χ0) is 14.1. The van der Waals surface area contributed by atoms with Gasteiger partial charge in [-0.15, -0.1) is 0 Å². The van der Waals surface area contributed by atoms with Gasteiger partial charge in [0.05, 0.1) is 12.7 Å². The molecule has 1 N–H and O–H groups in total. The van der Waals surface area contributed by atoms with Gasteiger partial charge in [-0.05, 0) is 24.1 Å². The number of hydrogen-bond acceptors (Lipinski definition) is 4. The number of carbonyl (C=O) groups is 1. The number of carbonyl (C=O) groups excluding carboxylic acids is 1. The van der Waals surface area contributed by atoms with E-state index in [0.717, 1.165) is 18.7 Å². The number of rotatable bonds is 2. The second kappa shape index (κ2) is 5.50. The standard InChI is InChI=1S/C15H19FN2O2/c1-20-15(19)11-4-2-10(3-5-11)14-9-18-8-12(16)6-13(18)7-17-14/h2-5,12-14,17H,6-9H2,1H3/t12-,13+,14+/m1/s1. The third-order valence-electron chi connectivity index (χ3n) is 4.23. The Balaban J connectivity index is 1.69. The van der Waals surface area contributed by atoms with Gasteiger partial charge in [0.25, 0.3) is 0 Å². The highest BCUT2D eigenvalue weighted by Crippen LogP contribution is 2.27. The van der Waals surface area contributed by atoms with Gasteiger partial charge >= 0.3 is 5.97 Å². The second-order valence-corrected chi connectivity index (χ2v) is 5.52.